The average Bonchev–Trinajstić information content (AvgIpc) is 2.83. The van der Waals surface area contributed by atoms with Crippen molar-refractivity contribution >= 4 is 23.4 Å². The van der Waals surface area contributed by atoms with Gasteiger partial charge in [0, 0.05) is 5.69 Å². The van der Waals surface area contributed by atoms with Crippen molar-refractivity contribution in [1.29, 1.82) is 0 Å². The van der Waals surface area contributed by atoms with Gasteiger partial charge in [0.25, 0.3) is 0 Å². The van der Waals surface area contributed by atoms with Crippen molar-refractivity contribution in [3.05, 3.63) is 30.6 Å². The van der Waals surface area contributed by atoms with Crippen LogP contribution in [-0.4, -0.2) is 33.6 Å². The van der Waals surface area contributed by atoms with E-state index in [2.05, 4.69) is 15.5 Å². The van der Waals surface area contributed by atoms with Crippen molar-refractivity contribution in [3.63, 3.8) is 0 Å². The van der Waals surface area contributed by atoms with Crippen LogP contribution in [-0.2, 0) is 4.79 Å². The van der Waals surface area contributed by atoms with Crippen molar-refractivity contribution in [1.82, 2.24) is 14.9 Å². The second-order valence-corrected chi connectivity index (χ2v) is 4.53. The molecule has 100 valence electrons. The Balaban J connectivity index is 1.85. The van der Waals surface area contributed by atoms with Crippen LogP contribution in [0.1, 0.15) is 0 Å². The van der Waals surface area contributed by atoms with Crippen LogP contribution in [0.25, 0.3) is 0 Å². The maximum atomic E-state index is 11.7. The number of thioether (sulfide) groups is 1. The highest BCUT2D eigenvalue weighted by Gasteiger charge is 2.07. The lowest BCUT2D eigenvalue weighted by Crippen LogP contribution is -2.15. The number of hydrogen-bond donors (Lipinski definition) is 2. The Morgan fingerprint density at radius 2 is 2.21 bits per heavy atom. The average molecular weight is 279 g/mol. The fraction of sp³-hybridized carbons (Fsp3) is 0.182. The number of nitrogens with zero attached hydrogens (tertiary/aromatic N) is 3. The number of carbonyl (C=O) groups excluding carboxylic acids is 1. The lowest BCUT2D eigenvalue weighted by atomic mass is 10.3. The normalized spacial score (nSPS) is 10.2. The molecule has 0 aliphatic carbocycles. The first-order chi connectivity index (χ1) is 9.19. The fourth-order valence-electron chi connectivity index (χ4n) is 1.34. The number of carbonyl (C=O) groups is 1. The molecule has 0 saturated heterocycles. The number of anilines is 1. The van der Waals surface area contributed by atoms with Gasteiger partial charge in [-0.3, -0.25) is 4.79 Å². The second-order valence-electron chi connectivity index (χ2n) is 3.59. The Bertz CT molecular complexity index is 554. The molecule has 1 heterocycles. The molecular weight excluding hydrogens is 266 g/mol. The summed E-state index contributed by atoms with van der Waals surface area (Å²) >= 11 is 1.22. The Labute approximate surface area is 114 Å². The number of nitrogen functional groups attached to an aromatic ring is 1. The van der Waals surface area contributed by atoms with Crippen LogP contribution in [0.5, 0.6) is 5.75 Å². The summed E-state index contributed by atoms with van der Waals surface area (Å²) in [6.45, 7) is 0. The molecule has 1 aromatic carbocycles. The number of hydrogen-bond acceptors (Lipinski definition) is 6. The summed E-state index contributed by atoms with van der Waals surface area (Å²) in [4.78, 5) is 11.7. The van der Waals surface area contributed by atoms with Gasteiger partial charge in [0.1, 0.15) is 12.1 Å². The first kappa shape index (κ1) is 13.2. The molecule has 0 unspecified atom stereocenters. The summed E-state index contributed by atoms with van der Waals surface area (Å²) in [6, 6.07) is 7.10. The number of nitrogens with two attached hydrogens (primary N) is 1. The van der Waals surface area contributed by atoms with Crippen LogP contribution in [0.3, 0.4) is 0 Å². The largest absolute Gasteiger partial charge is 0.497 e. The first-order valence-electron chi connectivity index (χ1n) is 5.41. The minimum absolute atomic E-state index is 0.141. The van der Waals surface area contributed by atoms with Crippen LogP contribution in [0.2, 0.25) is 0 Å². The number of aromatic nitrogens is 3. The maximum absolute atomic E-state index is 11.7. The van der Waals surface area contributed by atoms with E-state index < -0.39 is 0 Å². The maximum Gasteiger partial charge on any atom is 0.234 e. The Morgan fingerprint density at radius 1 is 1.47 bits per heavy atom. The van der Waals surface area contributed by atoms with Gasteiger partial charge >= 0.3 is 0 Å². The predicted molar refractivity (Wildman–Crippen MR) is 72.5 cm³/mol. The molecule has 0 atom stereocenters. The van der Waals surface area contributed by atoms with Gasteiger partial charge in [-0.05, 0) is 24.3 Å². The van der Waals surface area contributed by atoms with Crippen LogP contribution >= 0.6 is 11.8 Å². The summed E-state index contributed by atoms with van der Waals surface area (Å²) in [5, 5.41) is 10.6. The third-order valence-corrected chi connectivity index (χ3v) is 3.20. The topological polar surface area (TPSA) is 95.1 Å². The molecule has 3 N–H and O–H groups in total. The zero-order valence-corrected chi connectivity index (χ0v) is 11.1. The van der Waals surface area contributed by atoms with Gasteiger partial charge < -0.3 is 15.9 Å². The molecule has 2 aromatic rings. The molecule has 8 heteroatoms. The summed E-state index contributed by atoms with van der Waals surface area (Å²) in [7, 11) is 1.59. The number of amides is 1. The van der Waals surface area contributed by atoms with Gasteiger partial charge in [-0.25, -0.2) is 4.68 Å². The van der Waals surface area contributed by atoms with E-state index in [1.165, 1.54) is 22.8 Å². The summed E-state index contributed by atoms with van der Waals surface area (Å²) < 4.78 is 6.30. The predicted octanol–water partition coefficient (Wildman–Crippen LogP) is 0.731. The molecule has 0 bridgehead atoms. The molecule has 1 amide bonds. The van der Waals surface area contributed by atoms with Crippen molar-refractivity contribution in [2.75, 3.05) is 24.0 Å². The zero-order chi connectivity index (χ0) is 13.7. The van der Waals surface area contributed by atoms with E-state index in [4.69, 9.17) is 10.6 Å². The first-order valence-corrected chi connectivity index (χ1v) is 6.39. The molecule has 0 fully saturated rings. The van der Waals surface area contributed by atoms with E-state index in [0.29, 0.717) is 10.8 Å². The lowest BCUT2D eigenvalue weighted by Gasteiger charge is -2.05. The van der Waals surface area contributed by atoms with E-state index >= 15 is 0 Å². The van der Waals surface area contributed by atoms with Gasteiger partial charge in [-0.1, -0.05) is 11.8 Å². The van der Waals surface area contributed by atoms with Gasteiger partial charge in [0.2, 0.25) is 11.1 Å². The van der Waals surface area contributed by atoms with Crippen molar-refractivity contribution in [2.24, 2.45) is 0 Å². The Morgan fingerprint density at radius 3 is 2.79 bits per heavy atom. The fourth-order valence-corrected chi connectivity index (χ4v) is 1.97. The van der Waals surface area contributed by atoms with Crippen LogP contribution in [0.15, 0.2) is 35.7 Å². The highest BCUT2D eigenvalue weighted by Crippen LogP contribution is 2.16. The Hall–Kier alpha value is -2.22. The third kappa shape index (κ3) is 3.62. The molecule has 0 saturated carbocycles. The van der Waals surface area contributed by atoms with E-state index in [9.17, 15) is 4.79 Å². The minimum Gasteiger partial charge on any atom is -0.497 e. The molecule has 19 heavy (non-hydrogen) atoms. The SMILES string of the molecule is COc1ccc(NC(=O)CSc2nncn2N)cc1. The van der Waals surface area contributed by atoms with E-state index in [1.807, 2.05) is 0 Å². The van der Waals surface area contributed by atoms with Crippen LogP contribution in [0, 0.1) is 0 Å². The molecule has 0 spiro atoms. The number of benzene rings is 1. The standard InChI is InChI=1S/C11H13N5O2S/c1-18-9-4-2-8(3-5-9)14-10(17)6-19-11-15-13-7-16(11)12/h2-5,7H,6,12H2,1H3,(H,14,17). The highest BCUT2D eigenvalue weighted by molar-refractivity contribution is 7.99. The number of rotatable bonds is 5. The van der Waals surface area contributed by atoms with Gasteiger partial charge in [-0.15, -0.1) is 10.2 Å². The minimum atomic E-state index is -0.141. The van der Waals surface area contributed by atoms with Crippen LogP contribution < -0.4 is 15.9 Å². The molecule has 0 radical (unpaired) electrons. The Kier molecular flexibility index (Phi) is 4.24. The monoisotopic (exact) mass is 279 g/mol. The zero-order valence-electron chi connectivity index (χ0n) is 10.2. The van der Waals surface area contributed by atoms with E-state index in [0.717, 1.165) is 5.75 Å². The number of methoxy groups -OCH3 is 1. The van der Waals surface area contributed by atoms with Crippen molar-refractivity contribution < 1.29 is 9.53 Å². The van der Waals surface area contributed by atoms with Crippen molar-refractivity contribution in [2.45, 2.75) is 5.16 Å². The van der Waals surface area contributed by atoms with E-state index in [-0.39, 0.29) is 11.7 Å². The third-order valence-electron chi connectivity index (χ3n) is 2.25. The van der Waals surface area contributed by atoms with Gasteiger partial charge in [-0.2, -0.15) is 0 Å². The van der Waals surface area contributed by atoms with Crippen LogP contribution in [0.4, 0.5) is 5.69 Å². The van der Waals surface area contributed by atoms with E-state index in [1.54, 1.807) is 31.4 Å². The second kappa shape index (κ2) is 6.10. The molecule has 0 aliphatic heterocycles. The van der Waals surface area contributed by atoms with Gasteiger partial charge in [0.05, 0.1) is 12.9 Å². The molecule has 0 aliphatic rings. The quantitative estimate of drug-likeness (QED) is 0.619. The molecule has 2 rings (SSSR count). The summed E-state index contributed by atoms with van der Waals surface area (Å²) in [5.41, 5.74) is 0.709. The summed E-state index contributed by atoms with van der Waals surface area (Å²) in [5.74, 6) is 6.35. The lowest BCUT2D eigenvalue weighted by molar-refractivity contribution is -0.113. The molecule has 7 nitrogen and oxygen atoms in total. The van der Waals surface area contributed by atoms with Gasteiger partial charge in [0.15, 0.2) is 0 Å². The molecule has 1 aromatic heterocycles. The number of ether oxygens (including phenoxy) is 1. The summed E-state index contributed by atoms with van der Waals surface area (Å²) in [6.07, 6.45) is 1.38. The van der Waals surface area contributed by atoms with Crippen molar-refractivity contribution in [3.8, 4) is 5.75 Å². The molecular formula is C11H13N5O2S. The smallest absolute Gasteiger partial charge is 0.234 e. The highest BCUT2D eigenvalue weighted by atomic mass is 32.2. The number of nitrogens with one attached hydrogen (secondary N) is 1.